The molecule has 188 valence electrons. The second kappa shape index (κ2) is 11.4. The third kappa shape index (κ3) is 6.00. The number of nitrogens with zero attached hydrogens (tertiary/aromatic N) is 1. The number of rotatable bonds is 7. The first-order valence-electron chi connectivity index (χ1n) is 10.8. The van der Waals surface area contributed by atoms with Crippen molar-refractivity contribution in [3.05, 3.63) is 116 Å². The average molecular weight is 577 g/mol. The number of carboxylic acid groups (broad SMARTS) is 1. The molecule has 0 unspecified atom stereocenters. The first-order valence-corrected chi connectivity index (χ1v) is 12.3. The van der Waals surface area contributed by atoms with Gasteiger partial charge in [0.2, 0.25) is 0 Å². The van der Waals surface area contributed by atoms with Crippen LogP contribution in [0, 0.1) is 0 Å². The summed E-state index contributed by atoms with van der Waals surface area (Å²) in [4.78, 5) is 40.3. The molecule has 10 heteroatoms. The van der Waals surface area contributed by atoms with Crippen LogP contribution >= 0.6 is 46.4 Å². The molecule has 0 fully saturated rings. The van der Waals surface area contributed by atoms with Crippen LogP contribution in [0.15, 0.2) is 83.3 Å². The van der Waals surface area contributed by atoms with Gasteiger partial charge in [0.15, 0.2) is 5.76 Å². The fraction of sp³-hybridized carbons (Fsp3) is 0.0741. The molecule has 1 heterocycles. The van der Waals surface area contributed by atoms with Gasteiger partial charge in [-0.25, -0.2) is 4.79 Å². The first-order chi connectivity index (χ1) is 17.7. The minimum Gasteiger partial charge on any atom is -0.480 e. The van der Waals surface area contributed by atoms with E-state index in [1.807, 2.05) is 0 Å². The van der Waals surface area contributed by atoms with E-state index in [4.69, 9.17) is 50.8 Å². The molecule has 0 aliphatic rings. The van der Waals surface area contributed by atoms with Crippen molar-refractivity contribution in [1.29, 1.82) is 0 Å². The molecule has 0 aliphatic heterocycles. The Morgan fingerprint density at radius 2 is 1.43 bits per heavy atom. The lowest BCUT2D eigenvalue weighted by atomic mass is 10.0. The van der Waals surface area contributed by atoms with Crippen LogP contribution in [0.25, 0.3) is 11.3 Å². The van der Waals surface area contributed by atoms with E-state index in [2.05, 4.69) is 0 Å². The highest BCUT2D eigenvalue weighted by Gasteiger charge is 2.38. The normalized spacial score (nSPS) is 11.7. The first kappa shape index (κ1) is 26.8. The van der Waals surface area contributed by atoms with Crippen LogP contribution < -0.4 is 0 Å². The number of amides is 2. The lowest BCUT2D eigenvalue weighted by Gasteiger charge is -2.27. The monoisotopic (exact) mass is 575 g/mol. The molecule has 4 rings (SSSR count). The molecule has 0 saturated carbocycles. The molecule has 1 N–H and O–H groups in total. The minimum atomic E-state index is -1.57. The molecule has 0 aliphatic carbocycles. The van der Waals surface area contributed by atoms with E-state index in [-0.39, 0.29) is 38.6 Å². The number of benzene rings is 3. The molecule has 37 heavy (non-hydrogen) atoms. The third-order valence-corrected chi connectivity index (χ3v) is 6.58. The quantitative estimate of drug-likeness (QED) is 0.230. The van der Waals surface area contributed by atoms with Gasteiger partial charge >= 0.3 is 5.97 Å². The number of furan rings is 1. The Bertz CT molecular complexity index is 1490. The summed E-state index contributed by atoms with van der Waals surface area (Å²) in [5.74, 6) is -3.30. The molecule has 1 aromatic heterocycles. The summed E-state index contributed by atoms with van der Waals surface area (Å²) < 4.78 is 5.73. The van der Waals surface area contributed by atoms with Gasteiger partial charge in [-0.2, -0.15) is 0 Å². The SMILES string of the molecule is O=C(O)[C@H](Cc1ccccc1)N(C(=O)c1ccc(-c2ccc(Cl)cc2Cl)o1)C(=O)c1ccc(Cl)cc1Cl. The van der Waals surface area contributed by atoms with Crippen LogP contribution in [-0.4, -0.2) is 33.8 Å². The highest BCUT2D eigenvalue weighted by Crippen LogP contribution is 2.32. The lowest BCUT2D eigenvalue weighted by molar-refractivity contribution is -0.141. The Kier molecular flexibility index (Phi) is 8.25. The van der Waals surface area contributed by atoms with Gasteiger partial charge in [0, 0.05) is 22.0 Å². The minimum absolute atomic E-state index is 0.0350. The van der Waals surface area contributed by atoms with Crippen LogP contribution in [0.2, 0.25) is 20.1 Å². The van der Waals surface area contributed by atoms with Crippen molar-refractivity contribution in [3.63, 3.8) is 0 Å². The third-order valence-electron chi connectivity index (χ3n) is 5.48. The summed E-state index contributed by atoms with van der Waals surface area (Å²) in [7, 11) is 0. The van der Waals surface area contributed by atoms with Gasteiger partial charge in [-0.3, -0.25) is 14.5 Å². The van der Waals surface area contributed by atoms with Crippen molar-refractivity contribution in [2.45, 2.75) is 12.5 Å². The smallest absolute Gasteiger partial charge is 0.327 e. The molecule has 0 bridgehead atoms. The average Bonchev–Trinajstić information content (AvgIpc) is 3.34. The van der Waals surface area contributed by atoms with Crippen molar-refractivity contribution in [3.8, 4) is 11.3 Å². The summed E-state index contributed by atoms with van der Waals surface area (Å²) in [6.07, 6.45) is -0.143. The fourth-order valence-electron chi connectivity index (χ4n) is 3.70. The number of carbonyl (C=O) groups excluding carboxylic acids is 2. The predicted octanol–water partition coefficient (Wildman–Crippen LogP) is 7.54. The topological polar surface area (TPSA) is 87.8 Å². The van der Waals surface area contributed by atoms with E-state index in [1.54, 1.807) is 42.5 Å². The molecule has 1 atom stereocenters. The second-order valence-corrected chi connectivity index (χ2v) is 9.62. The Balaban J connectivity index is 1.78. The maximum absolute atomic E-state index is 13.7. The van der Waals surface area contributed by atoms with Crippen LogP contribution in [0.4, 0.5) is 0 Å². The molecule has 4 aromatic rings. The van der Waals surface area contributed by atoms with E-state index in [1.165, 1.54) is 36.4 Å². The van der Waals surface area contributed by atoms with E-state index in [9.17, 15) is 19.5 Å². The van der Waals surface area contributed by atoms with E-state index in [0.29, 0.717) is 21.0 Å². The number of hydrogen-bond donors (Lipinski definition) is 1. The molecule has 0 saturated heterocycles. The molecular weight excluding hydrogens is 560 g/mol. The van der Waals surface area contributed by atoms with E-state index in [0.717, 1.165) is 0 Å². The highest BCUT2D eigenvalue weighted by molar-refractivity contribution is 6.37. The number of carbonyl (C=O) groups is 3. The van der Waals surface area contributed by atoms with Gasteiger partial charge in [-0.1, -0.05) is 76.7 Å². The lowest BCUT2D eigenvalue weighted by Crippen LogP contribution is -2.50. The zero-order valence-electron chi connectivity index (χ0n) is 18.8. The van der Waals surface area contributed by atoms with Crippen LogP contribution in [0.3, 0.4) is 0 Å². The Morgan fingerprint density at radius 1 is 0.784 bits per heavy atom. The maximum Gasteiger partial charge on any atom is 0.327 e. The van der Waals surface area contributed by atoms with Crippen molar-refractivity contribution >= 4 is 64.2 Å². The van der Waals surface area contributed by atoms with Crippen LogP contribution in [0.5, 0.6) is 0 Å². The Morgan fingerprint density at radius 3 is 2.05 bits per heavy atom. The van der Waals surface area contributed by atoms with Crippen molar-refractivity contribution in [2.24, 2.45) is 0 Å². The molecule has 0 radical (unpaired) electrons. The summed E-state index contributed by atoms with van der Waals surface area (Å²) in [5, 5.41) is 11.0. The maximum atomic E-state index is 13.7. The van der Waals surface area contributed by atoms with Crippen molar-refractivity contribution < 1.29 is 23.9 Å². The van der Waals surface area contributed by atoms with Gasteiger partial charge in [0.25, 0.3) is 11.8 Å². The predicted molar refractivity (Wildman–Crippen MR) is 143 cm³/mol. The van der Waals surface area contributed by atoms with Crippen LogP contribution in [0.1, 0.15) is 26.5 Å². The molecule has 6 nitrogen and oxygen atoms in total. The number of halogens is 4. The standard InChI is InChI=1S/C27H17Cl4NO5/c28-16-6-8-18(20(30)13-16)23-10-11-24(37-23)26(34)32(25(33)19-9-7-17(29)14-21(19)31)22(27(35)36)12-15-4-2-1-3-5-15/h1-11,13-14,22H,12H2,(H,35,36)/t22-/m0/s1. The second-order valence-electron chi connectivity index (χ2n) is 7.94. The summed E-state index contributed by atoms with van der Waals surface area (Å²) in [6.45, 7) is 0. The summed E-state index contributed by atoms with van der Waals surface area (Å²) in [6, 6.07) is 18.7. The molecule has 3 aromatic carbocycles. The largest absolute Gasteiger partial charge is 0.480 e. The van der Waals surface area contributed by atoms with Gasteiger partial charge in [-0.15, -0.1) is 0 Å². The number of aliphatic carboxylic acids is 1. The van der Waals surface area contributed by atoms with Crippen molar-refractivity contribution in [2.75, 3.05) is 0 Å². The van der Waals surface area contributed by atoms with Crippen LogP contribution in [-0.2, 0) is 11.2 Å². The molecule has 0 spiro atoms. The van der Waals surface area contributed by atoms with E-state index < -0.39 is 23.8 Å². The van der Waals surface area contributed by atoms with Gasteiger partial charge in [0.05, 0.1) is 15.6 Å². The Labute approximate surface area is 231 Å². The zero-order valence-corrected chi connectivity index (χ0v) is 21.9. The number of hydrogen-bond acceptors (Lipinski definition) is 4. The fourth-order valence-corrected chi connectivity index (χ4v) is 4.69. The zero-order chi connectivity index (χ0) is 26.7. The summed E-state index contributed by atoms with van der Waals surface area (Å²) in [5.41, 5.74) is 0.977. The molecular formula is C27H17Cl4NO5. The number of imide groups is 1. The van der Waals surface area contributed by atoms with Gasteiger partial charge in [-0.05, 0) is 54.1 Å². The summed E-state index contributed by atoms with van der Waals surface area (Å²) >= 11 is 24.4. The van der Waals surface area contributed by atoms with Gasteiger partial charge < -0.3 is 9.52 Å². The number of carboxylic acids is 1. The highest BCUT2D eigenvalue weighted by atomic mass is 35.5. The van der Waals surface area contributed by atoms with Gasteiger partial charge in [0.1, 0.15) is 11.8 Å². The van der Waals surface area contributed by atoms with Crippen molar-refractivity contribution in [1.82, 2.24) is 4.90 Å². The molecule has 2 amide bonds. The Hall–Kier alpha value is -3.29. The van der Waals surface area contributed by atoms with E-state index >= 15 is 0 Å².